The first kappa shape index (κ1) is 56.8. The monoisotopic (exact) mass is 1170 g/mol. The molecule has 8 N–H and O–H groups in total. The van der Waals surface area contributed by atoms with Gasteiger partial charge in [-0.2, -0.15) is 57.0 Å². The van der Waals surface area contributed by atoms with Crippen LogP contribution in [0.5, 0.6) is 5.75 Å². The highest BCUT2D eigenvalue weighted by Gasteiger charge is 2.25. The van der Waals surface area contributed by atoms with Gasteiger partial charge in [-0.15, -0.1) is 10.2 Å². The van der Waals surface area contributed by atoms with Crippen LogP contribution in [0.4, 0.5) is 46.3 Å². The molecule has 37 heteroatoms. The Morgan fingerprint density at radius 2 is 1.09 bits per heavy atom. The molecular weight excluding hydrogens is 1130 g/mol. The molecule has 30 nitrogen and oxygen atoms in total. The van der Waals surface area contributed by atoms with Crippen molar-refractivity contribution < 1.29 is 95.2 Å². The third-order valence-corrected chi connectivity index (χ3v) is 16.6. The van der Waals surface area contributed by atoms with Crippen LogP contribution in [0.25, 0.3) is 10.8 Å². The molecule has 0 aliphatic carbocycles. The standard InChI is InChI=1S/C37H36N8O22S7/c1-2-45(25-7-9-26(10-8-25)68(47,48)16-14-66-73(60,61)62)37-41-35(38-23-4-3-5-27(20-23)69(49,50)17-15-67-74(63,64)65)40-36(42-37)39-24-6-13-31(71(54,55)56)30(21-24)43-44-33-29-12-11-28(70(51,52)53)18-22(29)19-32(34(33)46)72(57,58)59/h3-13,18-21,46H,2,14-17H2,1H3,(H,51,52,53)(H,54,55,56)(H,57,58,59)(H,60,61,62)(H,63,64,65)(H2,38,39,40,41,42). The Labute approximate surface area is 420 Å². The molecule has 0 spiro atoms. The van der Waals surface area contributed by atoms with Crippen LogP contribution in [-0.2, 0) is 79.2 Å². The van der Waals surface area contributed by atoms with E-state index in [4.69, 9.17) is 9.11 Å². The first-order chi connectivity index (χ1) is 34.1. The second-order valence-electron chi connectivity index (χ2n) is 14.7. The van der Waals surface area contributed by atoms with Gasteiger partial charge in [-0.3, -0.25) is 22.8 Å². The summed E-state index contributed by atoms with van der Waals surface area (Å²) in [6, 6.07) is 15.9. The van der Waals surface area contributed by atoms with Crippen LogP contribution in [-0.4, -0.2) is 133 Å². The van der Waals surface area contributed by atoms with Crippen molar-refractivity contribution in [3.63, 3.8) is 0 Å². The largest absolute Gasteiger partial charge is 0.504 e. The molecule has 0 saturated heterocycles. The van der Waals surface area contributed by atoms with Gasteiger partial charge in [0.15, 0.2) is 25.4 Å². The van der Waals surface area contributed by atoms with E-state index < -0.39 is 127 Å². The van der Waals surface area contributed by atoms with Gasteiger partial charge in [0.2, 0.25) is 17.8 Å². The Morgan fingerprint density at radius 1 is 0.554 bits per heavy atom. The van der Waals surface area contributed by atoms with Crippen molar-refractivity contribution in [2.24, 2.45) is 10.2 Å². The van der Waals surface area contributed by atoms with E-state index in [0.29, 0.717) is 6.07 Å². The van der Waals surface area contributed by atoms with Gasteiger partial charge in [-0.05, 0) is 91.2 Å². The Kier molecular flexibility index (Phi) is 16.4. The van der Waals surface area contributed by atoms with Crippen molar-refractivity contribution in [3.05, 3.63) is 91.0 Å². The zero-order valence-corrected chi connectivity index (χ0v) is 42.7. The van der Waals surface area contributed by atoms with Gasteiger partial charge in [-0.25, -0.2) is 25.2 Å². The van der Waals surface area contributed by atoms with Crippen molar-refractivity contribution in [2.75, 3.05) is 46.8 Å². The molecule has 0 aliphatic rings. The Balaban J connectivity index is 1.44. The lowest BCUT2D eigenvalue weighted by atomic mass is 10.1. The van der Waals surface area contributed by atoms with E-state index in [1.807, 2.05) is 0 Å². The third kappa shape index (κ3) is 14.6. The second-order valence-corrected chi connectivity index (χ2v) is 25.3. The molecule has 0 aliphatic heterocycles. The summed E-state index contributed by atoms with van der Waals surface area (Å²) in [4.78, 5) is 11.0. The fourth-order valence-corrected chi connectivity index (χ4v) is 11.2. The normalized spacial score (nSPS) is 13.1. The SMILES string of the molecule is CCN(c1ccc(S(=O)(=O)CCOS(=O)(=O)O)cc1)c1nc(Nc2cccc(S(=O)(=O)CCOS(=O)(=O)O)c2)nc(Nc2ccc(S(=O)(=O)O)c(N=Nc3c(O)c(S(=O)(=O)O)cc4cc(S(=O)(=O)O)ccc34)c2)n1. The molecule has 6 aromatic rings. The number of benzene rings is 5. The highest BCUT2D eigenvalue weighted by molar-refractivity contribution is 7.92. The number of anilines is 6. The molecule has 0 saturated carbocycles. The number of aromatic hydroxyl groups is 1. The average Bonchev–Trinajstić information content (AvgIpc) is 3.27. The van der Waals surface area contributed by atoms with E-state index >= 15 is 0 Å². The van der Waals surface area contributed by atoms with Crippen molar-refractivity contribution >= 4 is 128 Å². The van der Waals surface area contributed by atoms with Gasteiger partial charge in [0, 0.05) is 29.0 Å². The van der Waals surface area contributed by atoms with Crippen LogP contribution in [0.15, 0.2) is 126 Å². The van der Waals surface area contributed by atoms with Crippen LogP contribution in [0.1, 0.15) is 6.92 Å². The van der Waals surface area contributed by atoms with Gasteiger partial charge in [0.05, 0.1) is 39.4 Å². The number of nitrogens with zero attached hydrogens (tertiary/aromatic N) is 6. The van der Waals surface area contributed by atoms with Crippen molar-refractivity contribution in [3.8, 4) is 5.75 Å². The Morgan fingerprint density at radius 3 is 1.62 bits per heavy atom. The molecule has 0 bridgehead atoms. The minimum absolute atomic E-state index is 0.00344. The molecule has 0 amide bonds. The predicted octanol–water partition coefficient (Wildman–Crippen LogP) is 3.72. The maximum absolute atomic E-state index is 13.0. The van der Waals surface area contributed by atoms with Crippen LogP contribution in [0.3, 0.4) is 0 Å². The number of hydrogen-bond donors (Lipinski definition) is 8. The molecule has 5 aromatic carbocycles. The number of hydrogen-bond acceptors (Lipinski definition) is 25. The van der Waals surface area contributed by atoms with Gasteiger partial charge >= 0.3 is 20.8 Å². The lowest BCUT2D eigenvalue weighted by molar-refractivity contribution is 0.282. The van der Waals surface area contributed by atoms with Crippen LogP contribution >= 0.6 is 0 Å². The summed E-state index contributed by atoms with van der Waals surface area (Å²) >= 11 is 0. The minimum atomic E-state index is -5.28. The molecule has 1 aromatic heterocycles. The minimum Gasteiger partial charge on any atom is -0.504 e. The second kappa shape index (κ2) is 21.4. The fraction of sp³-hybridized carbons (Fsp3) is 0.162. The fourth-order valence-electron chi connectivity index (χ4n) is 6.41. The van der Waals surface area contributed by atoms with Crippen molar-refractivity contribution in [1.29, 1.82) is 0 Å². The Bertz CT molecular complexity index is 4040. The number of fused-ring (bicyclic) bond motifs is 1. The van der Waals surface area contributed by atoms with E-state index in [1.165, 1.54) is 29.2 Å². The van der Waals surface area contributed by atoms with E-state index in [1.54, 1.807) is 6.92 Å². The summed E-state index contributed by atoms with van der Waals surface area (Å²) in [6.45, 7) is -0.203. The van der Waals surface area contributed by atoms with Crippen LogP contribution < -0.4 is 15.5 Å². The summed E-state index contributed by atoms with van der Waals surface area (Å²) in [5, 5.41) is 23.5. The van der Waals surface area contributed by atoms with E-state index in [2.05, 4.69) is 44.2 Å². The van der Waals surface area contributed by atoms with E-state index in [-0.39, 0.29) is 62.0 Å². The molecule has 398 valence electrons. The quantitative estimate of drug-likeness (QED) is 0.0355. The molecule has 0 unspecified atom stereocenters. The molecule has 0 atom stereocenters. The average molecular weight is 1170 g/mol. The first-order valence-corrected chi connectivity index (χ1v) is 30.2. The van der Waals surface area contributed by atoms with E-state index in [0.717, 1.165) is 60.7 Å². The number of phenolic OH excluding ortho intramolecular Hbond substituents is 1. The number of phenols is 1. The summed E-state index contributed by atoms with van der Waals surface area (Å²) in [5.41, 5.74) is -1.42. The van der Waals surface area contributed by atoms with Crippen LogP contribution in [0.2, 0.25) is 0 Å². The van der Waals surface area contributed by atoms with Gasteiger partial charge < -0.3 is 20.6 Å². The summed E-state index contributed by atoms with van der Waals surface area (Å²) in [7, 11) is -33.7. The number of rotatable bonds is 22. The summed E-state index contributed by atoms with van der Waals surface area (Å²) in [6.07, 6.45) is 0. The number of azo groups is 1. The molecular formula is C37H36N8O22S7. The van der Waals surface area contributed by atoms with Crippen molar-refractivity contribution in [2.45, 2.75) is 31.4 Å². The number of nitrogens with one attached hydrogen (secondary N) is 2. The molecule has 0 fully saturated rings. The third-order valence-electron chi connectivity index (χ3n) is 9.66. The maximum Gasteiger partial charge on any atom is 0.397 e. The predicted molar refractivity (Wildman–Crippen MR) is 257 cm³/mol. The zero-order chi connectivity index (χ0) is 54.8. The van der Waals surface area contributed by atoms with Gasteiger partial charge in [-0.1, -0.05) is 12.1 Å². The number of aromatic nitrogens is 3. The van der Waals surface area contributed by atoms with Crippen molar-refractivity contribution in [1.82, 2.24) is 15.0 Å². The topological polar surface area (TPSA) is 470 Å². The lowest BCUT2D eigenvalue weighted by Crippen LogP contribution is -2.21. The van der Waals surface area contributed by atoms with Gasteiger partial charge in [0.1, 0.15) is 21.2 Å². The first-order valence-electron chi connectivity index (χ1n) is 19.9. The maximum atomic E-state index is 13.0. The molecule has 1 heterocycles. The van der Waals surface area contributed by atoms with Crippen LogP contribution in [0, 0.1) is 0 Å². The number of sulfone groups is 2. The van der Waals surface area contributed by atoms with Gasteiger partial charge in [0.25, 0.3) is 30.4 Å². The van der Waals surface area contributed by atoms with E-state index in [9.17, 15) is 77.7 Å². The zero-order valence-electron chi connectivity index (χ0n) is 37.0. The lowest BCUT2D eigenvalue weighted by Gasteiger charge is -2.22. The summed E-state index contributed by atoms with van der Waals surface area (Å²) in [5.74, 6) is -3.94. The highest BCUT2D eigenvalue weighted by atomic mass is 32.3. The molecule has 0 radical (unpaired) electrons. The molecule has 74 heavy (non-hydrogen) atoms. The summed E-state index contributed by atoms with van der Waals surface area (Å²) < 4.78 is 224. The highest BCUT2D eigenvalue weighted by Crippen LogP contribution is 2.43. The molecule has 6 rings (SSSR count). The smallest absolute Gasteiger partial charge is 0.397 e. The Hall–Kier alpha value is -6.46.